The van der Waals surface area contributed by atoms with Gasteiger partial charge in [0.15, 0.2) is 0 Å². The van der Waals surface area contributed by atoms with Gasteiger partial charge < -0.3 is 9.64 Å². The van der Waals surface area contributed by atoms with E-state index >= 15 is 0 Å². The van der Waals surface area contributed by atoms with Crippen molar-refractivity contribution in [1.82, 2.24) is 9.88 Å². The normalized spacial score (nSPS) is 14.3. The monoisotopic (exact) mass is 452 g/mol. The maximum absolute atomic E-state index is 13.1. The Morgan fingerprint density at radius 3 is 2.42 bits per heavy atom. The molecule has 0 spiro atoms. The van der Waals surface area contributed by atoms with Crippen LogP contribution in [-0.2, 0) is 4.79 Å². The van der Waals surface area contributed by atoms with Gasteiger partial charge in [-0.2, -0.15) is 0 Å². The number of unbranched alkanes of at least 4 members (excludes halogenated alkanes) is 5. The third-order valence-corrected chi connectivity index (χ3v) is 6.41. The first-order valence-electron chi connectivity index (χ1n) is 12.5. The highest BCUT2D eigenvalue weighted by Crippen LogP contribution is 2.28. The second-order valence-corrected chi connectivity index (χ2v) is 8.75. The Kier molecular flexibility index (Phi) is 10.5. The van der Waals surface area contributed by atoms with Crippen molar-refractivity contribution < 1.29 is 9.53 Å². The Balaban J connectivity index is 1.50. The maximum Gasteiger partial charge on any atom is 0.228 e. The SMILES string of the molecule is CCCCCCCCC(=O)N(CCN1CCN(c2ccccc2OC)CC1)c1ccccn1. The Bertz CT molecular complexity index is 822. The van der Waals surface area contributed by atoms with Gasteiger partial charge in [0.1, 0.15) is 11.6 Å². The van der Waals surface area contributed by atoms with Crippen LogP contribution in [0.4, 0.5) is 11.5 Å². The summed E-state index contributed by atoms with van der Waals surface area (Å²) in [5.41, 5.74) is 1.16. The van der Waals surface area contributed by atoms with Crippen LogP contribution in [0.15, 0.2) is 48.7 Å². The molecule has 1 aliphatic heterocycles. The van der Waals surface area contributed by atoms with Gasteiger partial charge in [-0.15, -0.1) is 0 Å². The van der Waals surface area contributed by atoms with Gasteiger partial charge in [-0.3, -0.25) is 14.6 Å². The smallest absolute Gasteiger partial charge is 0.228 e. The number of para-hydroxylation sites is 2. The van der Waals surface area contributed by atoms with Crippen LogP contribution in [0.25, 0.3) is 0 Å². The summed E-state index contributed by atoms with van der Waals surface area (Å²) in [4.78, 5) is 24.2. The lowest BCUT2D eigenvalue weighted by atomic mass is 10.1. The highest BCUT2D eigenvalue weighted by molar-refractivity contribution is 5.92. The molecule has 1 saturated heterocycles. The van der Waals surface area contributed by atoms with E-state index in [0.717, 1.165) is 62.8 Å². The topological polar surface area (TPSA) is 48.9 Å². The molecule has 0 bridgehead atoms. The van der Waals surface area contributed by atoms with Gasteiger partial charge in [0, 0.05) is 51.9 Å². The summed E-state index contributed by atoms with van der Waals surface area (Å²) in [5, 5.41) is 0. The van der Waals surface area contributed by atoms with Gasteiger partial charge in [0.2, 0.25) is 5.91 Å². The lowest BCUT2D eigenvalue weighted by Gasteiger charge is -2.37. The summed E-state index contributed by atoms with van der Waals surface area (Å²) in [6.07, 6.45) is 9.50. The van der Waals surface area contributed by atoms with Crippen molar-refractivity contribution in [2.45, 2.75) is 51.9 Å². The highest BCUT2D eigenvalue weighted by atomic mass is 16.5. The fraction of sp³-hybridized carbons (Fsp3) is 0.556. The van der Waals surface area contributed by atoms with Crippen molar-refractivity contribution in [3.63, 3.8) is 0 Å². The van der Waals surface area contributed by atoms with Crippen molar-refractivity contribution in [1.29, 1.82) is 0 Å². The maximum atomic E-state index is 13.1. The lowest BCUT2D eigenvalue weighted by Crippen LogP contribution is -2.49. The first-order valence-corrected chi connectivity index (χ1v) is 12.5. The predicted molar refractivity (Wildman–Crippen MR) is 136 cm³/mol. The number of rotatable bonds is 13. The van der Waals surface area contributed by atoms with E-state index in [9.17, 15) is 4.79 Å². The van der Waals surface area contributed by atoms with Crippen LogP contribution in [0.2, 0.25) is 0 Å². The minimum atomic E-state index is 0.192. The molecular weight excluding hydrogens is 412 g/mol. The van der Waals surface area contributed by atoms with E-state index in [0.29, 0.717) is 13.0 Å². The number of hydrogen-bond acceptors (Lipinski definition) is 5. The molecule has 0 unspecified atom stereocenters. The Morgan fingerprint density at radius 1 is 0.970 bits per heavy atom. The van der Waals surface area contributed by atoms with Crippen LogP contribution in [-0.4, -0.2) is 62.2 Å². The highest BCUT2D eigenvalue weighted by Gasteiger charge is 2.22. The van der Waals surface area contributed by atoms with E-state index in [1.165, 1.54) is 25.7 Å². The standard InChI is InChI=1S/C27H40N4O2/c1-3-4-5-6-7-8-16-27(32)31(26-15-11-12-17-28-26)23-20-29-18-21-30(22-19-29)24-13-9-10-14-25(24)33-2/h9-15,17H,3-8,16,18-23H2,1-2H3. The number of ether oxygens (including phenoxy) is 1. The van der Waals surface area contributed by atoms with Crippen LogP contribution in [0, 0.1) is 0 Å². The van der Waals surface area contributed by atoms with E-state index < -0.39 is 0 Å². The number of piperazine rings is 1. The second-order valence-electron chi connectivity index (χ2n) is 8.75. The molecule has 3 rings (SSSR count). The molecule has 2 heterocycles. The van der Waals surface area contributed by atoms with Crippen LogP contribution in [0.5, 0.6) is 5.75 Å². The Labute approximate surface area is 199 Å². The number of carbonyl (C=O) groups excluding carboxylic acids is 1. The van der Waals surface area contributed by atoms with Crippen LogP contribution in [0.1, 0.15) is 51.9 Å². The molecule has 33 heavy (non-hydrogen) atoms. The number of methoxy groups -OCH3 is 1. The molecule has 6 nitrogen and oxygen atoms in total. The Morgan fingerprint density at radius 2 is 1.70 bits per heavy atom. The molecule has 1 amide bonds. The molecule has 0 radical (unpaired) electrons. The molecule has 0 N–H and O–H groups in total. The van der Waals surface area contributed by atoms with Crippen molar-refractivity contribution in [3.05, 3.63) is 48.7 Å². The van der Waals surface area contributed by atoms with Gasteiger partial charge in [0.05, 0.1) is 12.8 Å². The molecule has 6 heteroatoms. The number of hydrogen-bond donors (Lipinski definition) is 0. The summed E-state index contributed by atoms with van der Waals surface area (Å²) >= 11 is 0. The average Bonchev–Trinajstić information content (AvgIpc) is 2.87. The molecular formula is C27H40N4O2. The fourth-order valence-electron chi connectivity index (χ4n) is 4.42. The zero-order chi connectivity index (χ0) is 23.3. The fourth-order valence-corrected chi connectivity index (χ4v) is 4.42. The van der Waals surface area contributed by atoms with E-state index in [-0.39, 0.29) is 5.91 Å². The molecule has 0 aliphatic carbocycles. The summed E-state index contributed by atoms with van der Waals surface area (Å²) in [6.45, 7) is 7.62. The summed E-state index contributed by atoms with van der Waals surface area (Å²) in [7, 11) is 1.73. The van der Waals surface area contributed by atoms with Crippen molar-refractivity contribution in [3.8, 4) is 5.75 Å². The third kappa shape index (κ3) is 7.74. The molecule has 1 aliphatic rings. The van der Waals surface area contributed by atoms with Gasteiger partial charge in [0.25, 0.3) is 0 Å². The zero-order valence-electron chi connectivity index (χ0n) is 20.4. The molecule has 1 aromatic heterocycles. The van der Waals surface area contributed by atoms with E-state index in [4.69, 9.17) is 4.74 Å². The van der Waals surface area contributed by atoms with Crippen LogP contribution >= 0.6 is 0 Å². The first kappa shape index (κ1) is 25.0. The minimum Gasteiger partial charge on any atom is -0.495 e. The van der Waals surface area contributed by atoms with Gasteiger partial charge in [-0.25, -0.2) is 4.98 Å². The lowest BCUT2D eigenvalue weighted by molar-refractivity contribution is -0.118. The summed E-state index contributed by atoms with van der Waals surface area (Å²) < 4.78 is 5.53. The van der Waals surface area contributed by atoms with Crippen molar-refractivity contribution >= 4 is 17.4 Å². The van der Waals surface area contributed by atoms with E-state index in [1.54, 1.807) is 13.3 Å². The number of aromatic nitrogens is 1. The summed E-state index contributed by atoms with van der Waals surface area (Å²) in [6, 6.07) is 14.0. The van der Waals surface area contributed by atoms with Gasteiger partial charge in [-0.05, 0) is 30.7 Å². The number of anilines is 2. The molecule has 180 valence electrons. The zero-order valence-corrected chi connectivity index (χ0v) is 20.4. The van der Waals surface area contributed by atoms with Gasteiger partial charge in [-0.1, -0.05) is 57.2 Å². The first-order chi connectivity index (χ1) is 16.2. The summed E-state index contributed by atoms with van der Waals surface area (Å²) in [5.74, 6) is 1.88. The number of carbonyl (C=O) groups is 1. The molecule has 0 atom stereocenters. The third-order valence-electron chi connectivity index (χ3n) is 6.41. The quantitative estimate of drug-likeness (QED) is 0.401. The number of amides is 1. The molecule has 1 aromatic carbocycles. The predicted octanol–water partition coefficient (Wildman–Crippen LogP) is 5.00. The van der Waals surface area contributed by atoms with Gasteiger partial charge >= 0.3 is 0 Å². The van der Waals surface area contributed by atoms with Crippen LogP contribution < -0.4 is 14.5 Å². The molecule has 2 aromatic rings. The van der Waals surface area contributed by atoms with E-state index in [1.807, 2.05) is 35.2 Å². The average molecular weight is 453 g/mol. The van der Waals surface area contributed by atoms with Crippen molar-refractivity contribution in [2.24, 2.45) is 0 Å². The number of benzene rings is 1. The minimum absolute atomic E-state index is 0.192. The van der Waals surface area contributed by atoms with Crippen molar-refractivity contribution in [2.75, 3.05) is 56.2 Å². The van der Waals surface area contributed by atoms with Crippen LogP contribution in [0.3, 0.4) is 0 Å². The number of nitrogens with zero attached hydrogens (tertiary/aromatic N) is 4. The van der Waals surface area contributed by atoms with E-state index in [2.05, 4.69) is 33.8 Å². The second kappa shape index (κ2) is 13.8. The molecule has 1 fully saturated rings. The largest absolute Gasteiger partial charge is 0.495 e. The Hall–Kier alpha value is -2.60. The number of pyridine rings is 1. The molecule has 0 saturated carbocycles.